The number of nitrogens with zero attached hydrogens (tertiary/aromatic N) is 5. The van der Waals surface area contributed by atoms with Crippen molar-refractivity contribution in [3.63, 3.8) is 0 Å². The smallest absolute Gasteiger partial charge is 0.245 e. The highest BCUT2D eigenvalue weighted by Crippen LogP contribution is 2.23. The topological polar surface area (TPSA) is 99.6 Å². The maximum atomic E-state index is 14.2. The van der Waals surface area contributed by atoms with E-state index in [0.717, 1.165) is 28.9 Å². The van der Waals surface area contributed by atoms with E-state index in [0.29, 0.717) is 37.0 Å². The molecule has 0 aliphatic carbocycles. The molecule has 0 radical (unpaired) electrons. The minimum Gasteiger partial charge on any atom is -0.378 e. The number of pyridine rings is 1. The predicted molar refractivity (Wildman–Crippen MR) is 145 cm³/mol. The maximum Gasteiger partial charge on any atom is 0.245 e. The first-order valence-electron chi connectivity index (χ1n) is 11.6. The van der Waals surface area contributed by atoms with Crippen molar-refractivity contribution < 1.29 is 9.13 Å². The second-order valence-corrected chi connectivity index (χ2v) is 8.58. The van der Waals surface area contributed by atoms with Gasteiger partial charge in [-0.3, -0.25) is 4.98 Å². The van der Waals surface area contributed by atoms with Gasteiger partial charge in [-0.25, -0.2) is 14.8 Å². The number of hydrogen-bond donors (Lipinski definition) is 3. The van der Waals surface area contributed by atoms with Gasteiger partial charge in [0.15, 0.2) is 11.6 Å². The fraction of sp³-hybridized carbons (Fsp3) is 0.154. The van der Waals surface area contributed by atoms with Crippen molar-refractivity contribution in [2.45, 2.75) is 0 Å². The van der Waals surface area contributed by atoms with E-state index in [2.05, 4.69) is 36.1 Å². The highest BCUT2D eigenvalue weighted by atomic mass is 35.5. The summed E-state index contributed by atoms with van der Waals surface area (Å²) in [6, 6.07) is 19.2. The van der Waals surface area contributed by atoms with Crippen LogP contribution in [0.2, 0.25) is 5.02 Å². The lowest BCUT2D eigenvalue weighted by Gasteiger charge is -2.27. The van der Waals surface area contributed by atoms with Gasteiger partial charge < -0.3 is 20.3 Å². The average molecular weight is 519 g/mol. The summed E-state index contributed by atoms with van der Waals surface area (Å²) in [6.45, 7) is 2.22. The zero-order valence-electron chi connectivity index (χ0n) is 19.7. The number of anilines is 6. The minimum atomic E-state index is -0.479. The number of benzene rings is 2. The van der Waals surface area contributed by atoms with Crippen molar-refractivity contribution in [1.29, 1.82) is 0 Å². The molecule has 37 heavy (non-hydrogen) atoms. The molecular weight excluding hydrogens is 495 g/mol. The number of hydrazone groups is 1. The Morgan fingerprint density at radius 3 is 2.32 bits per heavy atom. The van der Waals surface area contributed by atoms with Gasteiger partial charge in [-0.2, -0.15) is 10.1 Å². The number of nitrogens with one attached hydrogen (secondary N) is 3. The van der Waals surface area contributed by atoms with Crippen LogP contribution in [0.4, 0.5) is 38.9 Å². The van der Waals surface area contributed by atoms with Gasteiger partial charge >= 0.3 is 0 Å². The van der Waals surface area contributed by atoms with Crippen LogP contribution in [0.1, 0.15) is 5.69 Å². The number of aromatic nitrogens is 3. The summed E-state index contributed by atoms with van der Waals surface area (Å²) in [4.78, 5) is 14.4. The molecule has 3 heterocycles. The van der Waals surface area contributed by atoms with E-state index < -0.39 is 5.82 Å². The van der Waals surface area contributed by atoms with Crippen LogP contribution in [0.15, 0.2) is 78.2 Å². The Balaban J connectivity index is 1.15. The van der Waals surface area contributed by atoms with Gasteiger partial charge in [-0.15, -0.1) is 0 Å². The Labute approximate surface area is 218 Å². The van der Waals surface area contributed by atoms with Crippen molar-refractivity contribution in [2.24, 2.45) is 5.10 Å². The summed E-state index contributed by atoms with van der Waals surface area (Å²) in [5, 5.41) is 11.4. The molecule has 3 N–H and O–H groups in total. The lowest BCUT2D eigenvalue weighted by molar-refractivity contribution is 0.122. The summed E-state index contributed by atoms with van der Waals surface area (Å²) in [5.41, 5.74) is 7.00. The van der Waals surface area contributed by atoms with Crippen LogP contribution in [0, 0.1) is 5.82 Å². The molecule has 1 aliphatic rings. The fourth-order valence-corrected chi connectivity index (χ4v) is 3.85. The second-order valence-electron chi connectivity index (χ2n) is 8.14. The Kier molecular flexibility index (Phi) is 7.68. The molecule has 0 amide bonds. The van der Waals surface area contributed by atoms with Gasteiger partial charge in [0.2, 0.25) is 5.95 Å². The van der Waals surface area contributed by atoms with Gasteiger partial charge in [-0.1, -0.05) is 17.7 Å². The van der Waals surface area contributed by atoms with E-state index in [1.807, 2.05) is 65.6 Å². The summed E-state index contributed by atoms with van der Waals surface area (Å²) in [6.07, 6.45) is 4.39. The third-order valence-corrected chi connectivity index (χ3v) is 5.71. The lowest BCUT2D eigenvalue weighted by atomic mass is 10.2. The summed E-state index contributed by atoms with van der Waals surface area (Å²) in [7, 11) is 0. The molecule has 4 aromatic rings. The van der Waals surface area contributed by atoms with E-state index in [4.69, 9.17) is 16.3 Å². The quantitative estimate of drug-likeness (QED) is 0.210. The third-order valence-electron chi connectivity index (χ3n) is 5.47. The Bertz CT molecular complexity index is 1360. The first kappa shape index (κ1) is 24.4. The van der Waals surface area contributed by atoms with Crippen LogP contribution in [-0.4, -0.2) is 47.5 Å². The molecule has 188 valence electrons. The zero-order valence-corrected chi connectivity index (χ0v) is 20.5. The van der Waals surface area contributed by atoms with Crippen molar-refractivity contribution in [3.8, 4) is 0 Å². The first-order valence-corrected chi connectivity index (χ1v) is 12.0. The van der Waals surface area contributed by atoms with E-state index in [-0.39, 0.29) is 11.8 Å². The van der Waals surface area contributed by atoms with E-state index >= 15 is 0 Å². The third kappa shape index (κ3) is 6.69. The molecule has 1 fully saturated rings. The van der Waals surface area contributed by atoms with E-state index in [1.54, 1.807) is 12.4 Å². The number of ether oxygens (including phenoxy) is 1. The van der Waals surface area contributed by atoms with Gasteiger partial charge in [0.1, 0.15) is 0 Å². The molecule has 5 rings (SSSR count). The molecule has 11 heteroatoms. The van der Waals surface area contributed by atoms with Gasteiger partial charge in [0.25, 0.3) is 0 Å². The highest BCUT2D eigenvalue weighted by molar-refractivity contribution is 6.30. The molecule has 0 unspecified atom stereocenters. The summed E-state index contributed by atoms with van der Waals surface area (Å²) in [5.74, 6) is -0.0447. The van der Waals surface area contributed by atoms with Crippen molar-refractivity contribution >= 4 is 52.3 Å². The van der Waals surface area contributed by atoms with Crippen molar-refractivity contribution in [1.82, 2.24) is 15.0 Å². The SMILES string of the molecule is Fc1cnc(N/N=C/c2ccc(Nc3ccc(Nc4cccc(Cl)c4)cc3)cn2)nc1N1CCOCC1. The normalized spacial score (nSPS) is 13.5. The Morgan fingerprint density at radius 1 is 0.892 bits per heavy atom. The molecule has 2 aromatic heterocycles. The molecular formula is C26H24ClFN8O. The van der Waals surface area contributed by atoms with Crippen LogP contribution in [-0.2, 0) is 4.74 Å². The van der Waals surface area contributed by atoms with Crippen molar-refractivity contribution in [2.75, 3.05) is 47.3 Å². The molecule has 0 saturated carbocycles. The Morgan fingerprint density at radius 2 is 1.62 bits per heavy atom. The van der Waals surface area contributed by atoms with Gasteiger partial charge in [-0.05, 0) is 54.6 Å². The summed E-state index contributed by atoms with van der Waals surface area (Å²) < 4.78 is 19.5. The molecule has 0 spiro atoms. The van der Waals surface area contributed by atoms with E-state index in [1.165, 1.54) is 0 Å². The highest BCUT2D eigenvalue weighted by Gasteiger charge is 2.17. The first-order chi connectivity index (χ1) is 18.1. The van der Waals surface area contributed by atoms with Crippen LogP contribution in [0.3, 0.4) is 0 Å². The predicted octanol–water partition coefficient (Wildman–Crippen LogP) is 5.43. The monoisotopic (exact) mass is 518 g/mol. The number of hydrogen-bond acceptors (Lipinski definition) is 9. The average Bonchev–Trinajstić information content (AvgIpc) is 2.92. The van der Waals surface area contributed by atoms with Crippen LogP contribution < -0.4 is 21.0 Å². The molecule has 1 aliphatic heterocycles. The van der Waals surface area contributed by atoms with Gasteiger partial charge in [0.05, 0.1) is 43.2 Å². The largest absolute Gasteiger partial charge is 0.378 e. The number of rotatable bonds is 8. The molecule has 9 nitrogen and oxygen atoms in total. The standard InChI is InChI=1S/C26H24ClFN8O/c27-18-2-1-3-21(14-18)32-19-4-6-20(7-5-19)33-23-9-8-22(29-15-23)16-31-35-26-30-17-24(28)25(34-26)36-10-12-37-13-11-36/h1-9,14-17,32-33H,10-13H2,(H,30,34,35)/b31-16+. The van der Waals surface area contributed by atoms with Crippen LogP contribution in [0.25, 0.3) is 0 Å². The zero-order chi connectivity index (χ0) is 25.5. The van der Waals surface area contributed by atoms with Crippen molar-refractivity contribution in [3.05, 3.63) is 89.6 Å². The Hall–Kier alpha value is -4.28. The van der Waals surface area contributed by atoms with Gasteiger partial charge in [0, 0.05) is 35.2 Å². The van der Waals surface area contributed by atoms with Crippen LogP contribution in [0.5, 0.6) is 0 Å². The fourth-order valence-electron chi connectivity index (χ4n) is 3.66. The maximum absolute atomic E-state index is 14.2. The number of halogens is 2. The number of morpholine rings is 1. The van der Waals surface area contributed by atoms with E-state index in [9.17, 15) is 4.39 Å². The molecule has 0 atom stereocenters. The molecule has 2 aromatic carbocycles. The summed E-state index contributed by atoms with van der Waals surface area (Å²) >= 11 is 6.04. The molecule has 0 bridgehead atoms. The second kappa shape index (κ2) is 11.6. The van der Waals surface area contributed by atoms with Crippen LogP contribution >= 0.6 is 11.6 Å². The molecule has 1 saturated heterocycles. The lowest BCUT2D eigenvalue weighted by Crippen LogP contribution is -2.37. The minimum absolute atomic E-state index is 0.200.